The van der Waals surface area contributed by atoms with Crippen molar-refractivity contribution in [1.82, 2.24) is 4.90 Å². The van der Waals surface area contributed by atoms with Gasteiger partial charge in [-0.15, -0.1) is 0 Å². The molecule has 2 aliphatic rings. The van der Waals surface area contributed by atoms with Crippen molar-refractivity contribution < 1.29 is 23.4 Å². The van der Waals surface area contributed by atoms with E-state index in [4.69, 9.17) is 14.2 Å². The Morgan fingerprint density at radius 2 is 2.22 bits per heavy atom. The third kappa shape index (κ3) is 3.19. The smallest absolute Gasteiger partial charge is 0.410 e. The van der Waals surface area contributed by atoms with Crippen LogP contribution in [-0.4, -0.2) is 42.6 Å². The highest BCUT2D eigenvalue weighted by atomic mass is 19.1. The fourth-order valence-corrected chi connectivity index (χ4v) is 3.13. The molecule has 0 aliphatic carbocycles. The molecule has 0 unspecified atom stereocenters. The van der Waals surface area contributed by atoms with Gasteiger partial charge in [-0.1, -0.05) is 12.1 Å². The number of carbonyl (C=O) groups is 1. The van der Waals surface area contributed by atoms with Gasteiger partial charge >= 0.3 is 6.09 Å². The monoisotopic (exact) mass is 323 g/mol. The summed E-state index contributed by atoms with van der Waals surface area (Å²) in [6.45, 7) is 6.49. The Labute approximate surface area is 135 Å². The zero-order chi connectivity index (χ0) is 16.7. The number of hydrogen-bond donors (Lipinski definition) is 0. The minimum atomic E-state index is -0.694. The lowest BCUT2D eigenvalue weighted by molar-refractivity contribution is -0.0538. The second-order valence-electron chi connectivity index (χ2n) is 6.99. The molecule has 23 heavy (non-hydrogen) atoms. The molecule has 0 N–H and O–H groups in total. The molecule has 0 saturated carbocycles. The summed E-state index contributed by atoms with van der Waals surface area (Å²) < 4.78 is 30.5. The molecule has 2 atom stereocenters. The van der Waals surface area contributed by atoms with Gasteiger partial charge in [0.25, 0.3) is 0 Å². The Balaban J connectivity index is 1.78. The maximum Gasteiger partial charge on any atom is 0.410 e. The third-order valence-corrected chi connectivity index (χ3v) is 4.21. The Morgan fingerprint density at radius 1 is 1.43 bits per heavy atom. The summed E-state index contributed by atoms with van der Waals surface area (Å²) in [5.74, 6) is -0.305. The van der Waals surface area contributed by atoms with Gasteiger partial charge in [0.05, 0.1) is 6.54 Å². The number of halogens is 1. The van der Waals surface area contributed by atoms with E-state index in [9.17, 15) is 9.18 Å². The summed E-state index contributed by atoms with van der Waals surface area (Å²) in [7, 11) is 0. The van der Waals surface area contributed by atoms with E-state index in [0.29, 0.717) is 19.5 Å². The maximum absolute atomic E-state index is 13.6. The first-order chi connectivity index (χ1) is 10.8. The predicted octanol–water partition coefficient (Wildman–Crippen LogP) is 3.03. The van der Waals surface area contributed by atoms with Gasteiger partial charge in [0, 0.05) is 13.0 Å². The minimum absolute atomic E-state index is 0.142. The molecule has 1 amide bonds. The lowest BCUT2D eigenvalue weighted by atomic mass is 9.82. The van der Waals surface area contributed by atoms with Crippen LogP contribution in [0.4, 0.5) is 9.18 Å². The van der Waals surface area contributed by atoms with Gasteiger partial charge in [-0.3, -0.25) is 0 Å². The molecule has 2 aliphatic heterocycles. The number of piperidine rings is 1. The Kier molecular flexibility index (Phi) is 4.06. The molecular weight excluding hydrogens is 301 g/mol. The molecule has 0 aromatic heterocycles. The van der Waals surface area contributed by atoms with Crippen LogP contribution in [0.2, 0.25) is 0 Å². The Bertz CT molecular complexity index is 601. The number of benzene rings is 1. The molecule has 2 heterocycles. The zero-order valence-electron chi connectivity index (χ0n) is 13.7. The molecule has 0 radical (unpaired) electrons. The number of likely N-dealkylation sites (tertiary alicyclic amines) is 1. The summed E-state index contributed by atoms with van der Waals surface area (Å²) in [6, 6.07) is 6.39. The Hall–Kier alpha value is -1.66. The fourth-order valence-electron chi connectivity index (χ4n) is 3.13. The first kappa shape index (κ1) is 16.2. The van der Waals surface area contributed by atoms with Crippen LogP contribution in [0.15, 0.2) is 24.3 Å². The highest BCUT2D eigenvalue weighted by molar-refractivity contribution is 5.68. The molecule has 2 saturated heterocycles. The quantitative estimate of drug-likeness (QED) is 0.797. The van der Waals surface area contributed by atoms with Crippen molar-refractivity contribution in [1.29, 1.82) is 0 Å². The van der Waals surface area contributed by atoms with Crippen LogP contribution < -0.4 is 0 Å². The topological polar surface area (TPSA) is 48.0 Å². The van der Waals surface area contributed by atoms with Crippen LogP contribution in [-0.2, 0) is 19.8 Å². The molecule has 1 aromatic carbocycles. The number of carbonyl (C=O) groups excluding carboxylic acids is 1. The molecule has 5 nitrogen and oxygen atoms in total. The van der Waals surface area contributed by atoms with Crippen LogP contribution in [0.1, 0.15) is 32.8 Å². The Morgan fingerprint density at radius 3 is 2.91 bits per heavy atom. The summed E-state index contributed by atoms with van der Waals surface area (Å²) in [6.07, 6.45) is -0.146. The molecule has 0 bridgehead atoms. The van der Waals surface area contributed by atoms with E-state index < -0.39 is 11.2 Å². The van der Waals surface area contributed by atoms with Gasteiger partial charge in [0.1, 0.15) is 29.9 Å². The summed E-state index contributed by atoms with van der Waals surface area (Å²) in [4.78, 5) is 13.9. The molecular formula is C17H22FNO4. The van der Waals surface area contributed by atoms with Crippen LogP contribution in [0.25, 0.3) is 0 Å². The third-order valence-electron chi connectivity index (χ3n) is 4.21. The van der Waals surface area contributed by atoms with Gasteiger partial charge in [0.15, 0.2) is 0 Å². The van der Waals surface area contributed by atoms with E-state index in [1.165, 1.54) is 12.1 Å². The van der Waals surface area contributed by atoms with Crippen molar-refractivity contribution in [3.8, 4) is 0 Å². The fraction of sp³-hybridized carbons (Fsp3) is 0.588. The largest absolute Gasteiger partial charge is 0.444 e. The van der Waals surface area contributed by atoms with E-state index >= 15 is 0 Å². The average Bonchev–Trinajstić information content (AvgIpc) is 2.89. The van der Waals surface area contributed by atoms with Crippen molar-refractivity contribution in [2.45, 2.75) is 44.5 Å². The molecule has 0 spiro atoms. The predicted molar refractivity (Wildman–Crippen MR) is 81.3 cm³/mol. The second-order valence-corrected chi connectivity index (χ2v) is 6.99. The molecule has 6 heteroatoms. The SMILES string of the molecule is CC(C)(C)OC(=O)N1CC[C@]2(c3cccc(F)c3)OCO[C@@H]2C1. The van der Waals surface area contributed by atoms with Gasteiger partial charge in [0.2, 0.25) is 0 Å². The zero-order valence-corrected chi connectivity index (χ0v) is 13.7. The van der Waals surface area contributed by atoms with Crippen LogP contribution >= 0.6 is 0 Å². The number of amides is 1. The van der Waals surface area contributed by atoms with E-state index in [-0.39, 0.29) is 24.8 Å². The number of ether oxygens (including phenoxy) is 3. The van der Waals surface area contributed by atoms with Crippen molar-refractivity contribution in [3.63, 3.8) is 0 Å². The lowest BCUT2D eigenvalue weighted by Crippen LogP contribution is -2.54. The number of nitrogens with zero attached hydrogens (tertiary/aromatic N) is 1. The van der Waals surface area contributed by atoms with Crippen molar-refractivity contribution in [3.05, 3.63) is 35.6 Å². The van der Waals surface area contributed by atoms with Crippen LogP contribution in [0.5, 0.6) is 0 Å². The normalized spacial score (nSPS) is 27.7. The van der Waals surface area contributed by atoms with Crippen molar-refractivity contribution in [2.24, 2.45) is 0 Å². The maximum atomic E-state index is 13.6. The molecule has 1 aromatic rings. The molecule has 2 fully saturated rings. The van der Waals surface area contributed by atoms with Crippen molar-refractivity contribution >= 4 is 6.09 Å². The van der Waals surface area contributed by atoms with Gasteiger partial charge in [-0.25, -0.2) is 9.18 Å². The number of fused-ring (bicyclic) bond motifs is 1. The lowest BCUT2D eigenvalue weighted by Gasteiger charge is -2.42. The van der Waals surface area contributed by atoms with Crippen molar-refractivity contribution in [2.75, 3.05) is 19.9 Å². The van der Waals surface area contributed by atoms with E-state index in [1.807, 2.05) is 26.8 Å². The van der Waals surface area contributed by atoms with Gasteiger partial charge in [-0.05, 0) is 38.5 Å². The van der Waals surface area contributed by atoms with E-state index in [2.05, 4.69) is 0 Å². The molecule has 126 valence electrons. The highest BCUT2D eigenvalue weighted by Crippen LogP contribution is 2.42. The minimum Gasteiger partial charge on any atom is -0.444 e. The first-order valence-corrected chi connectivity index (χ1v) is 7.80. The summed E-state index contributed by atoms with van der Waals surface area (Å²) in [5, 5.41) is 0. The van der Waals surface area contributed by atoms with Crippen LogP contribution in [0.3, 0.4) is 0 Å². The molecule has 3 rings (SSSR count). The average molecular weight is 323 g/mol. The van der Waals surface area contributed by atoms with E-state index in [0.717, 1.165) is 5.56 Å². The highest BCUT2D eigenvalue weighted by Gasteiger charge is 2.51. The van der Waals surface area contributed by atoms with E-state index in [1.54, 1.807) is 11.0 Å². The first-order valence-electron chi connectivity index (χ1n) is 7.80. The summed E-state index contributed by atoms with van der Waals surface area (Å²) in [5.41, 5.74) is -0.481. The number of hydrogen-bond acceptors (Lipinski definition) is 4. The van der Waals surface area contributed by atoms with Gasteiger partial charge < -0.3 is 19.1 Å². The summed E-state index contributed by atoms with van der Waals surface area (Å²) >= 11 is 0. The van der Waals surface area contributed by atoms with Gasteiger partial charge in [-0.2, -0.15) is 0 Å². The van der Waals surface area contributed by atoms with Crippen LogP contribution in [0, 0.1) is 5.82 Å². The number of rotatable bonds is 1. The second kappa shape index (κ2) is 5.76. The standard InChI is InChI=1S/C17H22FNO4/c1-16(2,3)23-15(20)19-8-7-17(14(10-19)21-11-22-17)12-5-4-6-13(18)9-12/h4-6,9,14H,7-8,10-11H2,1-3H3/t14-,17-/m1/s1.